The van der Waals surface area contributed by atoms with Crippen LogP contribution in [0.5, 0.6) is 0 Å². The van der Waals surface area contributed by atoms with Crippen molar-refractivity contribution in [1.82, 2.24) is 5.32 Å². The minimum Gasteiger partial charge on any atom is -0.358 e. The van der Waals surface area contributed by atoms with Crippen LogP contribution in [0.2, 0.25) is 0 Å². The summed E-state index contributed by atoms with van der Waals surface area (Å²) in [5, 5.41) is 10.1. The first-order valence-corrected chi connectivity index (χ1v) is 4.88. The van der Waals surface area contributed by atoms with E-state index in [2.05, 4.69) is 21.4 Å². The molecule has 0 saturated heterocycles. The van der Waals surface area contributed by atoms with Crippen molar-refractivity contribution in [3.05, 3.63) is 43.0 Å². The van der Waals surface area contributed by atoms with E-state index in [1.807, 2.05) is 13.8 Å². The Bertz CT molecular complexity index is 433. The SMILES string of the molecule is CC.N=C1N=C[C-]=C/C1=C1/N=CC(F)=CN1.[CH3-].[Y]. The molecule has 0 aromatic heterocycles. The van der Waals surface area contributed by atoms with Gasteiger partial charge in [0.05, 0.1) is 17.9 Å². The maximum absolute atomic E-state index is 12.5. The Hall–Kier alpha value is -0.936. The molecule has 18 heavy (non-hydrogen) atoms. The van der Waals surface area contributed by atoms with Crippen molar-refractivity contribution in [2.75, 3.05) is 0 Å². The summed E-state index contributed by atoms with van der Waals surface area (Å²) in [7, 11) is 0. The molecule has 4 nitrogen and oxygen atoms in total. The second-order valence-corrected chi connectivity index (χ2v) is 2.61. The first kappa shape index (κ1) is 19.4. The van der Waals surface area contributed by atoms with Crippen molar-refractivity contribution in [3.63, 3.8) is 0 Å². The van der Waals surface area contributed by atoms with Crippen LogP contribution < -0.4 is 5.32 Å². The van der Waals surface area contributed by atoms with Gasteiger partial charge in [-0.25, -0.2) is 16.5 Å². The molecule has 0 aromatic rings. The predicted molar refractivity (Wildman–Crippen MR) is 69.6 cm³/mol. The third kappa shape index (κ3) is 5.15. The van der Waals surface area contributed by atoms with E-state index >= 15 is 0 Å². The normalized spacial score (nSPS) is 19.7. The van der Waals surface area contributed by atoms with Crippen LogP contribution in [0, 0.1) is 18.9 Å². The Balaban J connectivity index is 0. The van der Waals surface area contributed by atoms with E-state index in [9.17, 15) is 4.39 Å². The summed E-state index contributed by atoms with van der Waals surface area (Å²) in [5.41, 5.74) is 0.493. The zero-order valence-electron chi connectivity index (χ0n) is 10.7. The average molecular weight is 323 g/mol. The summed E-state index contributed by atoms with van der Waals surface area (Å²) in [6.45, 7) is 4.00. The number of rotatable bonds is 0. The maximum Gasteiger partial charge on any atom is 0.157 e. The molecule has 2 aliphatic heterocycles. The van der Waals surface area contributed by atoms with Crippen molar-refractivity contribution < 1.29 is 37.1 Å². The fraction of sp³-hybridized carbons (Fsp3) is 0.167. The summed E-state index contributed by atoms with van der Waals surface area (Å²) < 4.78 is 12.5. The number of dihydropyridines is 1. The van der Waals surface area contributed by atoms with E-state index in [-0.39, 0.29) is 46.0 Å². The molecular weight excluding hydrogens is 308 g/mol. The molecule has 0 saturated carbocycles. The number of aliphatic imine (C=N–C) groups is 2. The van der Waals surface area contributed by atoms with Crippen LogP contribution in [0.3, 0.4) is 0 Å². The number of hydrogen-bond donors (Lipinski definition) is 2. The molecular formula is C12H15FN4Y-2. The summed E-state index contributed by atoms with van der Waals surface area (Å²) in [4.78, 5) is 7.53. The molecule has 0 amide bonds. The van der Waals surface area contributed by atoms with Gasteiger partial charge in [-0.15, -0.1) is 0 Å². The van der Waals surface area contributed by atoms with E-state index in [4.69, 9.17) is 5.41 Å². The molecule has 6 heteroatoms. The van der Waals surface area contributed by atoms with Gasteiger partial charge >= 0.3 is 0 Å². The largest absolute Gasteiger partial charge is 0.358 e. The minimum atomic E-state index is -0.451. The number of allylic oxidation sites excluding steroid dienone is 2. The topological polar surface area (TPSA) is 60.6 Å². The number of nitrogens with zero attached hydrogens (tertiary/aromatic N) is 2. The predicted octanol–water partition coefficient (Wildman–Crippen LogP) is 2.58. The van der Waals surface area contributed by atoms with Gasteiger partial charge in [-0.2, -0.15) is 0 Å². The van der Waals surface area contributed by atoms with Gasteiger partial charge in [0.1, 0.15) is 0 Å². The van der Waals surface area contributed by atoms with Crippen molar-refractivity contribution in [3.8, 4) is 0 Å². The maximum atomic E-state index is 12.5. The van der Waals surface area contributed by atoms with Crippen molar-refractivity contribution in [1.29, 1.82) is 5.41 Å². The van der Waals surface area contributed by atoms with Crippen molar-refractivity contribution >= 4 is 18.3 Å². The molecule has 0 aromatic carbocycles. The Labute approximate surface area is 132 Å². The summed E-state index contributed by atoms with van der Waals surface area (Å²) in [6.07, 6.45) is 7.96. The first-order chi connectivity index (χ1) is 7.77. The van der Waals surface area contributed by atoms with E-state index in [0.29, 0.717) is 11.4 Å². The molecule has 0 fully saturated rings. The van der Waals surface area contributed by atoms with Gasteiger partial charge in [0.25, 0.3) is 0 Å². The van der Waals surface area contributed by atoms with Gasteiger partial charge in [-0.3, -0.25) is 9.98 Å². The number of halogens is 1. The van der Waals surface area contributed by atoms with Crippen molar-refractivity contribution in [2.45, 2.75) is 13.8 Å². The van der Waals surface area contributed by atoms with Gasteiger partial charge in [0.2, 0.25) is 0 Å². The summed E-state index contributed by atoms with van der Waals surface area (Å²) in [6, 6.07) is 0. The quantitative estimate of drug-likeness (QED) is 0.661. The Kier molecular flexibility index (Phi) is 10.8. The number of amidine groups is 1. The molecule has 0 aliphatic carbocycles. The Morgan fingerprint density at radius 2 is 2.00 bits per heavy atom. The third-order valence-corrected chi connectivity index (χ3v) is 1.67. The van der Waals surface area contributed by atoms with E-state index < -0.39 is 5.83 Å². The summed E-state index contributed by atoms with van der Waals surface area (Å²) >= 11 is 0. The molecule has 0 spiro atoms. The minimum absolute atomic E-state index is 0. The summed E-state index contributed by atoms with van der Waals surface area (Å²) in [5.74, 6) is 0.0352. The van der Waals surface area contributed by atoms with Crippen molar-refractivity contribution in [2.24, 2.45) is 9.98 Å². The van der Waals surface area contributed by atoms with Crippen LogP contribution in [0.1, 0.15) is 13.8 Å². The molecule has 2 N–H and O–H groups in total. The Morgan fingerprint density at radius 1 is 1.33 bits per heavy atom. The zero-order valence-corrected chi connectivity index (χ0v) is 13.5. The Morgan fingerprint density at radius 3 is 2.50 bits per heavy atom. The molecule has 0 unspecified atom stereocenters. The monoisotopic (exact) mass is 323 g/mol. The number of nitrogens with one attached hydrogen (secondary N) is 2. The fourth-order valence-electron chi connectivity index (χ4n) is 1.03. The van der Waals surface area contributed by atoms with Crippen LogP contribution in [0.25, 0.3) is 0 Å². The zero-order chi connectivity index (χ0) is 12.0. The van der Waals surface area contributed by atoms with Gasteiger partial charge < -0.3 is 18.2 Å². The molecule has 1 radical (unpaired) electrons. The third-order valence-electron chi connectivity index (χ3n) is 1.67. The fourth-order valence-corrected chi connectivity index (χ4v) is 1.03. The van der Waals surface area contributed by atoms with E-state index in [0.717, 1.165) is 6.21 Å². The van der Waals surface area contributed by atoms with Crippen LogP contribution in [0.15, 0.2) is 39.5 Å². The standard InChI is InChI=1S/C9H6FN4.C2H6.CH3.Y/c10-6-4-13-9(14-5-6)7-2-1-3-12-8(7)11;1-2;;/h2-5,11,13H;1-2H3;1H3;/q-1;;-1;/b9-7-,11-8?;;;. The average Bonchev–Trinajstić information content (AvgIpc) is 2.34. The van der Waals surface area contributed by atoms with Gasteiger partial charge in [-0.1, -0.05) is 25.6 Å². The van der Waals surface area contributed by atoms with Crippen LogP contribution in [-0.4, -0.2) is 18.3 Å². The smallest absolute Gasteiger partial charge is 0.157 e. The van der Waals surface area contributed by atoms with Gasteiger partial charge in [0.15, 0.2) is 5.83 Å². The van der Waals surface area contributed by atoms with Crippen LogP contribution in [0.4, 0.5) is 4.39 Å². The molecule has 2 heterocycles. The van der Waals surface area contributed by atoms with Gasteiger partial charge in [0, 0.05) is 38.9 Å². The first-order valence-electron chi connectivity index (χ1n) is 4.88. The second kappa shape index (κ2) is 10.0. The van der Waals surface area contributed by atoms with E-state index in [1.165, 1.54) is 12.4 Å². The van der Waals surface area contributed by atoms with E-state index in [1.54, 1.807) is 6.08 Å². The van der Waals surface area contributed by atoms with Crippen LogP contribution >= 0.6 is 0 Å². The second-order valence-electron chi connectivity index (χ2n) is 2.61. The molecule has 0 atom stereocenters. The molecule has 95 valence electrons. The number of hydrogen-bond acceptors (Lipinski definition) is 3. The van der Waals surface area contributed by atoms with Crippen LogP contribution in [-0.2, 0) is 32.7 Å². The molecule has 2 aliphatic rings. The molecule has 0 bridgehead atoms. The molecule has 2 rings (SSSR count). The van der Waals surface area contributed by atoms with Gasteiger partial charge in [-0.05, 0) is 0 Å².